The van der Waals surface area contributed by atoms with Crippen molar-refractivity contribution in [3.63, 3.8) is 0 Å². The second-order valence-corrected chi connectivity index (χ2v) is 7.00. The molecular weight excluding hydrogens is 292 g/mol. The molecule has 2 aromatic heterocycles. The van der Waals surface area contributed by atoms with Gasteiger partial charge in [-0.3, -0.25) is 14.3 Å². The minimum Gasteiger partial charge on any atom is -0.328 e. The van der Waals surface area contributed by atoms with Crippen molar-refractivity contribution in [3.8, 4) is 0 Å². The first-order valence-corrected chi connectivity index (χ1v) is 8.69. The topological polar surface area (TPSA) is 72.7 Å². The number of hydrogen-bond donors (Lipinski definition) is 1. The third-order valence-corrected chi connectivity index (χ3v) is 5.34. The lowest BCUT2D eigenvalue weighted by Crippen LogP contribution is -2.48. The van der Waals surface area contributed by atoms with Crippen LogP contribution in [-0.2, 0) is 12.6 Å². The molecule has 23 heavy (non-hydrogen) atoms. The fourth-order valence-electron chi connectivity index (χ4n) is 4.44. The molecule has 2 unspecified atom stereocenters. The SMILES string of the molecule is CCCC1CCC(CCC)(n2c(=O)[nH]c3ncn(C)c3c2=O)C1. The fraction of sp³-hybridized carbons (Fsp3) is 0.706. The molecule has 0 saturated heterocycles. The Morgan fingerprint density at radius 2 is 2.13 bits per heavy atom. The zero-order valence-electron chi connectivity index (χ0n) is 14.3. The maximum atomic E-state index is 13.0. The Labute approximate surface area is 135 Å². The van der Waals surface area contributed by atoms with Crippen molar-refractivity contribution in [1.29, 1.82) is 0 Å². The summed E-state index contributed by atoms with van der Waals surface area (Å²) < 4.78 is 3.21. The first-order valence-electron chi connectivity index (χ1n) is 8.69. The molecule has 0 aliphatic heterocycles. The molecule has 2 aromatic rings. The van der Waals surface area contributed by atoms with Gasteiger partial charge in [-0.25, -0.2) is 9.78 Å². The van der Waals surface area contributed by atoms with E-state index in [2.05, 4.69) is 23.8 Å². The van der Waals surface area contributed by atoms with Crippen LogP contribution < -0.4 is 11.2 Å². The average Bonchev–Trinajstić information content (AvgIpc) is 3.05. The Hall–Kier alpha value is -1.85. The van der Waals surface area contributed by atoms with Crippen LogP contribution in [0.4, 0.5) is 0 Å². The van der Waals surface area contributed by atoms with Crippen LogP contribution in [0, 0.1) is 5.92 Å². The van der Waals surface area contributed by atoms with Crippen molar-refractivity contribution >= 4 is 11.2 Å². The van der Waals surface area contributed by atoms with E-state index in [-0.39, 0.29) is 16.8 Å². The largest absolute Gasteiger partial charge is 0.330 e. The minimum atomic E-state index is -0.336. The van der Waals surface area contributed by atoms with Crippen LogP contribution in [0.5, 0.6) is 0 Å². The summed E-state index contributed by atoms with van der Waals surface area (Å²) in [5, 5.41) is 0. The highest BCUT2D eigenvalue weighted by molar-refractivity contribution is 5.68. The van der Waals surface area contributed by atoms with Crippen LogP contribution in [0.25, 0.3) is 11.2 Å². The van der Waals surface area contributed by atoms with Gasteiger partial charge in [0.15, 0.2) is 11.2 Å². The molecule has 126 valence electrons. The van der Waals surface area contributed by atoms with Crippen LogP contribution in [0.1, 0.15) is 58.8 Å². The van der Waals surface area contributed by atoms with E-state index in [9.17, 15) is 9.59 Å². The second-order valence-electron chi connectivity index (χ2n) is 7.00. The van der Waals surface area contributed by atoms with Crippen LogP contribution in [0.3, 0.4) is 0 Å². The summed E-state index contributed by atoms with van der Waals surface area (Å²) >= 11 is 0. The highest BCUT2D eigenvalue weighted by atomic mass is 16.2. The molecule has 0 radical (unpaired) electrons. The van der Waals surface area contributed by atoms with E-state index < -0.39 is 0 Å². The van der Waals surface area contributed by atoms with Crippen LogP contribution >= 0.6 is 0 Å². The predicted molar refractivity (Wildman–Crippen MR) is 90.7 cm³/mol. The molecule has 0 aromatic carbocycles. The number of aromatic amines is 1. The number of nitrogens with zero attached hydrogens (tertiary/aromatic N) is 3. The molecule has 1 fully saturated rings. The molecule has 0 amide bonds. The smallest absolute Gasteiger partial charge is 0.328 e. The first-order chi connectivity index (χ1) is 11.0. The van der Waals surface area contributed by atoms with Gasteiger partial charge in [0, 0.05) is 7.05 Å². The van der Waals surface area contributed by atoms with E-state index in [1.54, 1.807) is 17.9 Å². The molecule has 6 heteroatoms. The zero-order chi connectivity index (χ0) is 16.6. The number of hydrogen-bond acceptors (Lipinski definition) is 3. The van der Waals surface area contributed by atoms with Crippen molar-refractivity contribution in [3.05, 3.63) is 27.2 Å². The summed E-state index contributed by atoms with van der Waals surface area (Å²) in [6.45, 7) is 4.32. The lowest BCUT2D eigenvalue weighted by Gasteiger charge is -2.31. The van der Waals surface area contributed by atoms with Gasteiger partial charge >= 0.3 is 5.69 Å². The van der Waals surface area contributed by atoms with Gasteiger partial charge in [-0.05, 0) is 31.6 Å². The van der Waals surface area contributed by atoms with Crippen molar-refractivity contribution < 1.29 is 0 Å². The number of rotatable bonds is 5. The van der Waals surface area contributed by atoms with E-state index in [0.717, 1.165) is 38.5 Å². The van der Waals surface area contributed by atoms with Gasteiger partial charge in [-0.15, -0.1) is 0 Å². The van der Waals surface area contributed by atoms with Gasteiger partial charge in [0.05, 0.1) is 11.9 Å². The molecule has 2 heterocycles. The maximum absolute atomic E-state index is 13.0. The van der Waals surface area contributed by atoms with Crippen molar-refractivity contribution in [1.82, 2.24) is 19.1 Å². The monoisotopic (exact) mass is 318 g/mol. The van der Waals surface area contributed by atoms with Crippen molar-refractivity contribution in [2.75, 3.05) is 0 Å². The summed E-state index contributed by atoms with van der Waals surface area (Å²) in [6, 6.07) is 0. The third kappa shape index (κ3) is 2.54. The predicted octanol–water partition coefficient (Wildman–Crippen LogP) is 2.52. The minimum absolute atomic E-state index is 0.200. The van der Waals surface area contributed by atoms with Crippen LogP contribution in [0.15, 0.2) is 15.9 Å². The Bertz CT molecular complexity index is 816. The van der Waals surface area contributed by atoms with E-state index in [0.29, 0.717) is 17.1 Å². The molecule has 6 nitrogen and oxygen atoms in total. The number of aromatic nitrogens is 4. The Balaban J connectivity index is 2.18. The van der Waals surface area contributed by atoms with Crippen molar-refractivity contribution in [2.24, 2.45) is 13.0 Å². The highest BCUT2D eigenvalue weighted by Gasteiger charge is 2.42. The quantitative estimate of drug-likeness (QED) is 0.920. The molecule has 3 rings (SSSR count). The van der Waals surface area contributed by atoms with E-state index in [4.69, 9.17) is 0 Å². The molecule has 2 atom stereocenters. The second kappa shape index (κ2) is 5.98. The number of fused-ring (bicyclic) bond motifs is 1. The molecule has 0 spiro atoms. The third-order valence-electron chi connectivity index (χ3n) is 5.34. The number of imidazole rings is 1. The highest BCUT2D eigenvalue weighted by Crippen LogP contribution is 2.44. The lowest BCUT2D eigenvalue weighted by atomic mass is 9.89. The zero-order valence-corrected chi connectivity index (χ0v) is 14.3. The number of aryl methyl sites for hydroxylation is 1. The normalized spacial score (nSPS) is 24.6. The van der Waals surface area contributed by atoms with Gasteiger partial charge < -0.3 is 4.57 Å². The van der Waals surface area contributed by atoms with E-state index >= 15 is 0 Å². The molecule has 1 saturated carbocycles. The lowest BCUT2D eigenvalue weighted by molar-refractivity contribution is 0.237. The van der Waals surface area contributed by atoms with Crippen molar-refractivity contribution in [2.45, 2.75) is 64.3 Å². The van der Waals surface area contributed by atoms with Crippen LogP contribution in [0.2, 0.25) is 0 Å². The van der Waals surface area contributed by atoms with Gasteiger partial charge in [0.25, 0.3) is 5.56 Å². The molecular formula is C17H26N4O2. The Kier molecular flexibility index (Phi) is 4.17. The maximum Gasteiger partial charge on any atom is 0.330 e. The number of H-pyrrole nitrogens is 1. The van der Waals surface area contributed by atoms with Gasteiger partial charge in [0.1, 0.15) is 0 Å². The fourth-order valence-corrected chi connectivity index (χ4v) is 4.44. The van der Waals surface area contributed by atoms with Gasteiger partial charge in [-0.1, -0.05) is 33.1 Å². The standard InChI is InChI=1S/C17H26N4O2/c1-4-6-12-7-9-17(10-12,8-5-2)21-15(22)13-14(19-16(21)23)18-11-20(13)3/h11-12H,4-10H2,1-3H3,(H,19,23). The van der Waals surface area contributed by atoms with Crippen LogP contribution in [-0.4, -0.2) is 19.1 Å². The molecule has 0 bridgehead atoms. The summed E-state index contributed by atoms with van der Waals surface area (Å²) in [5.41, 5.74) is 0.0196. The summed E-state index contributed by atoms with van der Waals surface area (Å²) in [5.74, 6) is 0.611. The first kappa shape index (κ1) is 16.0. The Morgan fingerprint density at radius 3 is 2.83 bits per heavy atom. The number of nitrogens with one attached hydrogen (secondary N) is 1. The van der Waals surface area contributed by atoms with Gasteiger partial charge in [0.2, 0.25) is 0 Å². The Morgan fingerprint density at radius 1 is 1.35 bits per heavy atom. The van der Waals surface area contributed by atoms with E-state index in [1.165, 1.54) is 11.0 Å². The molecule has 1 N–H and O–H groups in total. The average molecular weight is 318 g/mol. The van der Waals surface area contributed by atoms with Gasteiger partial charge in [-0.2, -0.15) is 0 Å². The molecule has 1 aliphatic carbocycles. The summed E-state index contributed by atoms with van der Waals surface area (Å²) in [7, 11) is 1.79. The molecule has 1 aliphatic rings. The summed E-state index contributed by atoms with van der Waals surface area (Å²) in [4.78, 5) is 32.6. The van der Waals surface area contributed by atoms with E-state index in [1.807, 2.05) is 0 Å². The summed E-state index contributed by atoms with van der Waals surface area (Å²) in [6.07, 6.45) is 8.69.